The standard InChI is InChI=1S/C17H17NO2/c1-13-6-8-14(9-7-13)10-11-17(19)18-15-4-3-5-16(12-15)20-2/h3-12H,1-2H3,(H,18,19)/b11-10+. The average Bonchev–Trinajstić information content (AvgIpc) is 2.47. The molecule has 2 aromatic carbocycles. The fraction of sp³-hybridized carbons (Fsp3) is 0.118. The van der Waals surface area contributed by atoms with Crippen molar-refractivity contribution in [3.8, 4) is 5.75 Å². The molecule has 3 nitrogen and oxygen atoms in total. The molecule has 0 fully saturated rings. The summed E-state index contributed by atoms with van der Waals surface area (Å²) >= 11 is 0. The van der Waals surface area contributed by atoms with Crippen LogP contribution in [0.1, 0.15) is 11.1 Å². The summed E-state index contributed by atoms with van der Waals surface area (Å²) in [5, 5.41) is 2.79. The van der Waals surface area contributed by atoms with Gasteiger partial charge in [-0.15, -0.1) is 0 Å². The van der Waals surface area contributed by atoms with Gasteiger partial charge in [0.05, 0.1) is 7.11 Å². The molecule has 0 saturated carbocycles. The molecule has 20 heavy (non-hydrogen) atoms. The number of ether oxygens (including phenoxy) is 1. The number of hydrogen-bond donors (Lipinski definition) is 1. The van der Waals surface area contributed by atoms with Gasteiger partial charge in [0, 0.05) is 17.8 Å². The van der Waals surface area contributed by atoms with Crippen molar-refractivity contribution in [3.05, 3.63) is 65.7 Å². The minimum atomic E-state index is -0.168. The molecule has 0 heterocycles. The predicted octanol–water partition coefficient (Wildman–Crippen LogP) is 3.66. The number of nitrogens with one attached hydrogen (secondary N) is 1. The molecule has 1 N–H and O–H groups in total. The maximum Gasteiger partial charge on any atom is 0.248 e. The van der Waals surface area contributed by atoms with Crippen LogP contribution in [0.4, 0.5) is 5.69 Å². The maximum absolute atomic E-state index is 11.8. The number of carbonyl (C=O) groups is 1. The highest BCUT2D eigenvalue weighted by Gasteiger charge is 1.99. The van der Waals surface area contributed by atoms with Crippen molar-refractivity contribution in [2.45, 2.75) is 6.92 Å². The fourth-order valence-electron chi connectivity index (χ4n) is 1.73. The molecule has 0 atom stereocenters. The predicted molar refractivity (Wildman–Crippen MR) is 81.8 cm³/mol. The summed E-state index contributed by atoms with van der Waals surface area (Å²) in [6.07, 6.45) is 3.30. The van der Waals surface area contributed by atoms with Gasteiger partial charge in [-0.05, 0) is 30.7 Å². The van der Waals surface area contributed by atoms with Gasteiger partial charge in [-0.3, -0.25) is 4.79 Å². The van der Waals surface area contributed by atoms with E-state index in [2.05, 4.69) is 5.32 Å². The van der Waals surface area contributed by atoms with Crippen LogP contribution in [-0.2, 0) is 4.79 Å². The van der Waals surface area contributed by atoms with E-state index < -0.39 is 0 Å². The first kappa shape index (κ1) is 13.9. The molecule has 102 valence electrons. The lowest BCUT2D eigenvalue weighted by Crippen LogP contribution is -2.07. The van der Waals surface area contributed by atoms with E-state index in [0.29, 0.717) is 11.4 Å². The van der Waals surface area contributed by atoms with Gasteiger partial charge in [0.1, 0.15) is 5.75 Å². The Balaban J connectivity index is 1.99. The third kappa shape index (κ3) is 3.99. The minimum Gasteiger partial charge on any atom is -0.497 e. The lowest BCUT2D eigenvalue weighted by Gasteiger charge is -2.04. The minimum absolute atomic E-state index is 0.168. The Morgan fingerprint density at radius 2 is 1.90 bits per heavy atom. The Labute approximate surface area is 118 Å². The highest BCUT2D eigenvalue weighted by atomic mass is 16.5. The van der Waals surface area contributed by atoms with Crippen molar-refractivity contribution in [2.24, 2.45) is 0 Å². The van der Waals surface area contributed by atoms with E-state index in [1.807, 2.05) is 49.4 Å². The highest BCUT2D eigenvalue weighted by Crippen LogP contribution is 2.16. The van der Waals surface area contributed by atoms with E-state index in [-0.39, 0.29) is 5.91 Å². The number of anilines is 1. The van der Waals surface area contributed by atoms with Gasteiger partial charge in [-0.1, -0.05) is 35.9 Å². The Hall–Kier alpha value is -2.55. The third-order valence-electron chi connectivity index (χ3n) is 2.84. The van der Waals surface area contributed by atoms with Gasteiger partial charge >= 0.3 is 0 Å². The molecule has 0 aliphatic rings. The van der Waals surface area contributed by atoms with E-state index >= 15 is 0 Å². The summed E-state index contributed by atoms with van der Waals surface area (Å²) in [7, 11) is 1.60. The average molecular weight is 267 g/mol. The summed E-state index contributed by atoms with van der Waals surface area (Å²) in [6.45, 7) is 2.03. The molecular weight excluding hydrogens is 250 g/mol. The van der Waals surface area contributed by atoms with Crippen molar-refractivity contribution in [3.63, 3.8) is 0 Å². The molecular formula is C17H17NO2. The number of aryl methyl sites for hydroxylation is 1. The van der Waals surface area contributed by atoms with Crippen molar-refractivity contribution in [1.29, 1.82) is 0 Å². The lowest BCUT2D eigenvalue weighted by atomic mass is 10.1. The lowest BCUT2D eigenvalue weighted by molar-refractivity contribution is -0.111. The smallest absolute Gasteiger partial charge is 0.248 e. The Bertz CT molecular complexity index is 615. The maximum atomic E-state index is 11.8. The van der Waals surface area contributed by atoms with E-state index in [4.69, 9.17) is 4.74 Å². The van der Waals surface area contributed by atoms with E-state index in [9.17, 15) is 4.79 Å². The number of carbonyl (C=O) groups excluding carboxylic acids is 1. The SMILES string of the molecule is COc1cccc(NC(=O)/C=C/c2ccc(C)cc2)c1. The van der Waals surface area contributed by atoms with Crippen LogP contribution in [0.3, 0.4) is 0 Å². The van der Waals surface area contributed by atoms with Crippen molar-refractivity contribution in [1.82, 2.24) is 0 Å². The molecule has 2 aromatic rings. The molecule has 0 unspecified atom stereocenters. The molecule has 3 heteroatoms. The van der Waals surface area contributed by atoms with E-state index in [1.54, 1.807) is 19.3 Å². The van der Waals surface area contributed by atoms with E-state index in [0.717, 1.165) is 5.56 Å². The quantitative estimate of drug-likeness (QED) is 0.859. The molecule has 0 bridgehead atoms. The monoisotopic (exact) mass is 267 g/mol. The van der Waals surface area contributed by atoms with Crippen LogP contribution in [0, 0.1) is 6.92 Å². The van der Waals surface area contributed by atoms with E-state index in [1.165, 1.54) is 11.6 Å². The van der Waals surface area contributed by atoms with Crippen molar-refractivity contribution in [2.75, 3.05) is 12.4 Å². The number of rotatable bonds is 4. The number of methoxy groups -OCH3 is 1. The summed E-state index contributed by atoms with van der Waals surface area (Å²) < 4.78 is 5.11. The van der Waals surface area contributed by atoms with Crippen LogP contribution in [0.25, 0.3) is 6.08 Å². The van der Waals surface area contributed by atoms with Gasteiger partial charge < -0.3 is 10.1 Å². The van der Waals surface area contributed by atoms with Gasteiger partial charge in [0.25, 0.3) is 0 Å². The zero-order chi connectivity index (χ0) is 14.4. The first-order valence-corrected chi connectivity index (χ1v) is 6.37. The van der Waals surface area contributed by atoms with Gasteiger partial charge in [-0.2, -0.15) is 0 Å². The zero-order valence-corrected chi connectivity index (χ0v) is 11.6. The van der Waals surface area contributed by atoms with Crippen LogP contribution >= 0.6 is 0 Å². The van der Waals surface area contributed by atoms with Crippen molar-refractivity contribution >= 4 is 17.7 Å². The van der Waals surface area contributed by atoms with Crippen LogP contribution in [0.2, 0.25) is 0 Å². The summed E-state index contributed by atoms with van der Waals surface area (Å²) in [5.41, 5.74) is 2.90. The third-order valence-corrected chi connectivity index (χ3v) is 2.84. The normalized spacial score (nSPS) is 10.5. The molecule has 1 amide bonds. The fourth-order valence-corrected chi connectivity index (χ4v) is 1.73. The highest BCUT2D eigenvalue weighted by molar-refractivity contribution is 6.02. The molecule has 0 radical (unpaired) electrons. The van der Waals surface area contributed by atoms with Crippen molar-refractivity contribution < 1.29 is 9.53 Å². The Morgan fingerprint density at radius 3 is 2.60 bits per heavy atom. The Morgan fingerprint density at radius 1 is 1.15 bits per heavy atom. The molecule has 0 aliphatic carbocycles. The molecule has 0 aromatic heterocycles. The van der Waals surface area contributed by atoms with Crippen LogP contribution < -0.4 is 10.1 Å². The van der Waals surface area contributed by atoms with Crippen LogP contribution in [-0.4, -0.2) is 13.0 Å². The molecule has 2 rings (SSSR count). The zero-order valence-electron chi connectivity index (χ0n) is 11.6. The second-order valence-corrected chi connectivity index (χ2v) is 4.47. The van der Waals surface area contributed by atoms with Gasteiger partial charge in [0.15, 0.2) is 0 Å². The first-order valence-electron chi connectivity index (χ1n) is 6.37. The molecule has 0 saturated heterocycles. The number of hydrogen-bond acceptors (Lipinski definition) is 2. The number of benzene rings is 2. The summed E-state index contributed by atoms with van der Waals surface area (Å²) in [5.74, 6) is 0.546. The second kappa shape index (κ2) is 6.57. The van der Waals surface area contributed by atoms with Crippen LogP contribution in [0.5, 0.6) is 5.75 Å². The molecule has 0 spiro atoms. The topological polar surface area (TPSA) is 38.3 Å². The second-order valence-electron chi connectivity index (χ2n) is 4.47. The van der Waals surface area contributed by atoms with Gasteiger partial charge in [0.2, 0.25) is 5.91 Å². The van der Waals surface area contributed by atoms with Gasteiger partial charge in [-0.25, -0.2) is 0 Å². The van der Waals surface area contributed by atoms with Crippen LogP contribution in [0.15, 0.2) is 54.6 Å². The largest absolute Gasteiger partial charge is 0.497 e. The summed E-state index contributed by atoms with van der Waals surface area (Å²) in [6, 6.07) is 15.2. The summed E-state index contributed by atoms with van der Waals surface area (Å²) in [4.78, 5) is 11.8. The number of amides is 1. The first-order chi connectivity index (χ1) is 9.67. The molecule has 0 aliphatic heterocycles. The Kier molecular flexibility index (Phi) is 4.56.